The Bertz CT molecular complexity index is 1220. The van der Waals surface area contributed by atoms with Gasteiger partial charge in [-0.3, -0.25) is 9.59 Å². The van der Waals surface area contributed by atoms with E-state index in [1.165, 1.54) is 31.4 Å². The Morgan fingerprint density at radius 2 is 1.75 bits per heavy atom. The minimum Gasteiger partial charge on any atom is -0.481 e. The van der Waals surface area contributed by atoms with E-state index in [4.69, 9.17) is 25.5 Å². The van der Waals surface area contributed by atoms with Crippen LogP contribution >= 0.6 is 11.6 Å². The maximum atomic E-state index is 13.4. The normalized spacial score (nSPS) is 13.4. The lowest BCUT2D eigenvalue weighted by molar-refractivity contribution is -0.138. The van der Waals surface area contributed by atoms with Crippen molar-refractivity contribution in [1.29, 1.82) is 0 Å². The van der Waals surface area contributed by atoms with E-state index in [9.17, 15) is 14.0 Å². The summed E-state index contributed by atoms with van der Waals surface area (Å²) in [7, 11) is 1.31. The molecule has 3 aromatic rings. The quantitative estimate of drug-likeness (QED) is 0.310. The molecular weight excluding hydrogens is 489 g/mol. The van der Waals surface area contributed by atoms with Crippen molar-refractivity contribution in [3.05, 3.63) is 63.7 Å². The molecule has 4 rings (SSSR count). The Hall–Kier alpha value is -3.39. The molecule has 0 aliphatic carbocycles. The molecule has 0 bridgehead atoms. The molecule has 1 amide bonds. The topological polar surface area (TPSA) is 86.1 Å². The van der Waals surface area contributed by atoms with Gasteiger partial charge in [-0.15, -0.1) is 0 Å². The number of rotatable bonds is 5. The van der Waals surface area contributed by atoms with Gasteiger partial charge in [0.25, 0.3) is 12.4 Å². The Morgan fingerprint density at radius 3 is 2.36 bits per heavy atom. The third-order valence-corrected chi connectivity index (χ3v) is 5.67. The van der Waals surface area contributed by atoms with E-state index in [0.717, 1.165) is 32.4 Å². The third kappa shape index (κ3) is 7.55. The molecule has 0 spiro atoms. The molecule has 1 unspecified atom stereocenters. The van der Waals surface area contributed by atoms with Crippen molar-refractivity contribution >= 4 is 34.9 Å². The van der Waals surface area contributed by atoms with Crippen molar-refractivity contribution in [3.63, 3.8) is 0 Å². The summed E-state index contributed by atoms with van der Waals surface area (Å²) in [6, 6.07) is 10.4. The SMILES string of the molecule is CC.CC(Oc1ccc2c(-c3ccc(F)cc3Cl)cc(=O)oc2c1)C(=O)N1CCCCC1.COC=O. The molecule has 1 aliphatic rings. The minimum atomic E-state index is -0.651. The fourth-order valence-corrected chi connectivity index (χ4v) is 4.04. The van der Waals surface area contributed by atoms with Gasteiger partial charge in [0, 0.05) is 41.7 Å². The second-order valence-electron chi connectivity index (χ2n) is 7.74. The molecule has 194 valence electrons. The van der Waals surface area contributed by atoms with Crippen LogP contribution in [0.4, 0.5) is 4.39 Å². The van der Waals surface area contributed by atoms with E-state index in [0.29, 0.717) is 34.3 Å². The molecule has 2 heterocycles. The van der Waals surface area contributed by atoms with Gasteiger partial charge in [0.15, 0.2) is 6.10 Å². The molecule has 1 fully saturated rings. The predicted molar refractivity (Wildman–Crippen MR) is 138 cm³/mol. The van der Waals surface area contributed by atoms with Crippen LogP contribution in [0.5, 0.6) is 5.75 Å². The largest absolute Gasteiger partial charge is 0.481 e. The van der Waals surface area contributed by atoms with Gasteiger partial charge in [-0.05, 0) is 56.5 Å². The highest BCUT2D eigenvalue weighted by Gasteiger charge is 2.23. The number of likely N-dealkylation sites (tertiary alicyclic amines) is 1. The summed E-state index contributed by atoms with van der Waals surface area (Å²) in [6.07, 6.45) is 2.51. The van der Waals surface area contributed by atoms with Gasteiger partial charge in [-0.25, -0.2) is 9.18 Å². The lowest BCUT2D eigenvalue weighted by atomic mass is 10.0. The molecule has 1 aliphatic heterocycles. The fourth-order valence-electron chi connectivity index (χ4n) is 3.77. The Labute approximate surface area is 214 Å². The lowest BCUT2D eigenvalue weighted by Crippen LogP contribution is -2.43. The van der Waals surface area contributed by atoms with Crippen LogP contribution in [-0.2, 0) is 14.3 Å². The molecule has 2 aromatic carbocycles. The summed E-state index contributed by atoms with van der Waals surface area (Å²) in [5.74, 6) is -0.0898. The Morgan fingerprint density at radius 1 is 1.08 bits per heavy atom. The molecule has 0 N–H and O–H groups in total. The standard InChI is InChI=1S/C23H21ClFNO4.C2H4O2.C2H6/c1-14(23(28)26-9-3-2-4-10-26)29-16-6-8-18-19(13-22(27)30-21(18)12-16)17-7-5-15(25)11-20(17)24;1-4-2-3;1-2/h5-8,11-14H,2-4,9-10H2,1H3;2H,1H3;1-2H3. The van der Waals surface area contributed by atoms with Gasteiger partial charge < -0.3 is 18.8 Å². The number of methoxy groups -OCH3 is 1. The lowest BCUT2D eigenvalue weighted by Gasteiger charge is -2.29. The summed E-state index contributed by atoms with van der Waals surface area (Å²) >= 11 is 6.19. The maximum absolute atomic E-state index is 13.4. The average Bonchev–Trinajstić information content (AvgIpc) is 2.89. The van der Waals surface area contributed by atoms with Crippen molar-refractivity contribution in [2.45, 2.75) is 46.1 Å². The number of fused-ring (bicyclic) bond motifs is 1. The molecule has 7 nitrogen and oxygen atoms in total. The number of hydrogen-bond acceptors (Lipinski definition) is 6. The number of hydrogen-bond donors (Lipinski definition) is 0. The highest BCUT2D eigenvalue weighted by atomic mass is 35.5. The van der Waals surface area contributed by atoms with Crippen LogP contribution in [-0.4, -0.2) is 43.6 Å². The molecule has 1 atom stereocenters. The number of halogens is 2. The number of nitrogens with zero attached hydrogens (tertiary/aromatic N) is 1. The maximum Gasteiger partial charge on any atom is 0.336 e. The first-order valence-electron chi connectivity index (χ1n) is 11.8. The molecule has 0 saturated carbocycles. The summed E-state index contributed by atoms with van der Waals surface area (Å²) in [4.78, 5) is 35.5. The van der Waals surface area contributed by atoms with Crippen molar-refractivity contribution in [2.24, 2.45) is 0 Å². The number of benzene rings is 2. The highest BCUT2D eigenvalue weighted by Crippen LogP contribution is 2.34. The summed E-state index contributed by atoms with van der Waals surface area (Å²) in [5, 5.41) is 0.827. The first-order chi connectivity index (χ1) is 17.3. The predicted octanol–water partition coefficient (Wildman–Crippen LogP) is 5.85. The van der Waals surface area contributed by atoms with Crippen molar-refractivity contribution in [3.8, 4) is 16.9 Å². The van der Waals surface area contributed by atoms with Crippen LogP contribution in [0.2, 0.25) is 5.02 Å². The van der Waals surface area contributed by atoms with Gasteiger partial charge in [0.2, 0.25) is 0 Å². The van der Waals surface area contributed by atoms with Gasteiger partial charge in [0.1, 0.15) is 17.1 Å². The first kappa shape index (κ1) is 28.8. The van der Waals surface area contributed by atoms with E-state index < -0.39 is 17.5 Å². The van der Waals surface area contributed by atoms with E-state index in [2.05, 4.69) is 4.74 Å². The zero-order valence-corrected chi connectivity index (χ0v) is 21.6. The molecule has 9 heteroatoms. The second-order valence-corrected chi connectivity index (χ2v) is 8.15. The summed E-state index contributed by atoms with van der Waals surface area (Å²) in [6.45, 7) is 7.59. The fraction of sp³-hybridized carbons (Fsp3) is 0.370. The number of carbonyl (C=O) groups is 2. The first-order valence-corrected chi connectivity index (χ1v) is 12.2. The van der Waals surface area contributed by atoms with E-state index in [-0.39, 0.29) is 10.9 Å². The van der Waals surface area contributed by atoms with Gasteiger partial charge in [-0.1, -0.05) is 25.4 Å². The molecular formula is C27H31ClFNO6. The Balaban J connectivity index is 0.000000694. The summed E-state index contributed by atoms with van der Waals surface area (Å²) < 4.78 is 28.5. The molecule has 1 saturated heterocycles. The van der Waals surface area contributed by atoms with Gasteiger partial charge >= 0.3 is 5.63 Å². The molecule has 1 aromatic heterocycles. The molecule has 36 heavy (non-hydrogen) atoms. The third-order valence-electron chi connectivity index (χ3n) is 5.36. The van der Waals surface area contributed by atoms with Crippen molar-refractivity contribution in [1.82, 2.24) is 4.90 Å². The Kier molecular flexibility index (Phi) is 11.4. The minimum absolute atomic E-state index is 0.0527. The average molecular weight is 520 g/mol. The van der Waals surface area contributed by atoms with Gasteiger partial charge in [0.05, 0.1) is 12.1 Å². The van der Waals surface area contributed by atoms with Crippen LogP contribution < -0.4 is 10.4 Å². The number of amides is 1. The molecule has 0 radical (unpaired) electrons. The van der Waals surface area contributed by atoms with Gasteiger partial charge in [-0.2, -0.15) is 0 Å². The van der Waals surface area contributed by atoms with Crippen LogP contribution in [0.25, 0.3) is 22.1 Å². The number of carbonyl (C=O) groups excluding carboxylic acids is 2. The van der Waals surface area contributed by atoms with Crippen LogP contribution in [0.3, 0.4) is 0 Å². The zero-order chi connectivity index (χ0) is 26.7. The monoisotopic (exact) mass is 519 g/mol. The van der Waals surface area contributed by atoms with Crippen molar-refractivity contribution in [2.75, 3.05) is 20.2 Å². The zero-order valence-electron chi connectivity index (χ0n) is 20.9. The highest BCUT2D eigenvalue weighted by molar-refractivity contribution is 6.33. The summed E-state index contributed by atoms with van der Waals surface area (Å²) in [5.41, 5.74) is 0.800. The van der Waals surface area contributed by atoms with Crippen LogP contribution in [0, 0.1) is 5.82 Å². The van der Waals surface area contributed by atoms with E-state index in [1.54, 1.807) is 25.1 Å². The van der Waals surface area contributed by atoms with E-state index >= 15 is 0 Å². The van der Waals surface area contributed by atoms with E-state index in [1.807, 2.05) is 18.7 Å². The van der Waals surface area contributed by atoms with Crippen LogP contribution in [0.15, 0.2) is 51.7 Å². The number of piperidine rings is 1. The second kappa shape index (κ2) is 14.2. The number of ether oxygens (including phenoxy) is 2. The smallest absolute Gasteiger partial charge is 0.336 e. The van der Waals surface area contributed by atoms with Crippen molar-refractivity contribution < 1.29 is 27.9 Å². The van der Waals surface area contributed by atoms with Crippen LogP contribution in [0.1, 0.15) is 40.0 Å².